The summed E-state index contributed by atoms with van der Waals surface area (Å²) in [6, 6.07) is 6.90. The summed E-state index contributed by atoms with van der Waals surface area (Å²) in [7, 11) is 0. The molecule has 1 aromatic carbocycles. The van der Waals surface area contributed by atoms with Gasteiger partial charge in [-0.25, -0.2) is 0 Å². The van der Waals surface area contributed by atoms with Crippen molar-refractivity contribution in [3.63, 3.8) is 0 Å². The number of hydrogen-bond donors (Lipinski definition) is 2. The highest BCUT2D eigenvalue weighted by Crippen LogP contribution is 2.26. The SMILES string of the molecule is O=C(NCc1ccc(O)cc1)C1CCCS1. The molecule has 86 valence electrons. The van der Waals surface area contributed by atoms with Gasteiger partial charge in [-0.3, -0.25) is 4.79 Å². The van der Waals surface area contributed by atoms with Crippen molar-refractivity contribution in [1.82, 2.24) is 5.32 Å². The molecule has 1 aliphatic heterocycles. The van der Waals surface area contributed by atoms with Crippen LogP contribution in [-0.2, 0) is 11.3 Å². The van der Waals surface area contributed by atoms with Crippen molar-refractivity contribution in [3.8, 4) is 5.75 Å². The standard InChI is InChI=1S/C12H15NO2S/c14-10-5-3-9(4-6-10)8-13-12(15)11-2-1-7-16-11/h3-6,11,14H,1-2,7-8H2,(H,13,15). The van der Waals surface area contributed by atoms with E-state index in [4.69, 9.17) is 5.11 Å². The average Bonchev–Trinajstić information content (AvgIpc) is 2.81. The lowest BCUT2D eigenvalue weighted by molar-refractivity contribution is -0.120. The molecule has 1 aromatic rings. The van der Waals surface area contributed by atoms with Gasteiger partial charge in [0, 0.05) is 6.54 Å². The Morgan fingerprint density at radius 1 is 1.44 bits per heavy atom. The number of aromatic hydroxyl groups is 1. The molecule has 2 N–H and O–H groups in total. The number of rotatable bonds is 3. The van der Waals surface area contributed by atoms with Gasteiger partial charge in [-0.05, 0) is 36.3 Å². The molecule has 16 heavy (non-hydrogen) atoms. The fourth-order valence-corrected chi connectivity index (χ4v) is 2.89. The molecule has 0 aromatic heterocycles. The largest absolute Gasteiger partial charge is 0.508 e. The predicted molar refractivity (Wildman–Crippen MR) is 65.4 cm³/mol. The van der Waals surface area contributed by atoms with Gasteiger partial charge in [0.25, 0.3) is 0 Å². The third-order valence-electron chi connectivity index (χ3n) is 2.63. The molecular weight excluding hydrogens is 222 g/mol. The Morgan fingerprint density at radius 2 is 2.19 bits per heavy atom. The van der Waals surface area contributed by atoms with Crippen LogP contribution in [0, 0.1) is 0 Å². The van der Waals surface area contributed by atoms with Gasteiger partial charge in [-0.15, -0.1) is 11.8 Å². The number of nitrogens with one attached hydrogen (secondary N) is 1. The zero-order valence-electron chi connectivity index (χ0n) is 8.98. The number of amides is 1. The van der Waals surface area contributed by atoms with Crippen LogP contribution in [0.4, 0.5) is 0 Å². The maximum absolute atomic E-state index is 11.7. The van der Waals surface area contributed by atoms with Crippen molar-refractivity contribution >= 4 is 17.7 Å². The van der Waals surface area contributed by atoms with Gasteiger partial charge in [-0.1, -0.05) is 12.1 Å². The zero-order chi connectivity index (χ0) is 11.4. The Kier molecular flexibility index (Phi) is 3.72. The molecule has 1 fully saturated rings. The molecule has 0 aliphatic carbocycles. The number of benzene rings is 1. The third-order valence-corrected chi connectivity index (χ3v) is 4.00. The maximum Gasteiger partial charge on any atom is 0.233 e. The number of carbonyl (C=O) groups is 1. The number of hydrogen-bond acceptors (Lipinski definition) is 3. The summed E-state index contributed by atoms with van der Waals surface area (Å²) >= 11 is 1.74. The molecule has 0 spiro atoms. The third kappa shape index (κ3) is 2.92. The van der Waals surface area contributed by atoms with Gasteiger partial charge >= 0.3 is 0 Å². The fourth-order valence-electron chi connectivity index (χ4n) is 1.70. The van der Waals surface area contributed by atoms with Crippen LogP contribution in [0.15, 0.2) is 24.3 Å². The Hall–Kier alpha value is -1.16. The molecule has 0 radical (unpaired) electrons. The van der Waals surface area contributed by atoms with Gasteiger partial charge in [0.1, 0.15) is 5.75 Å². The highest BCUT2D eigenvalue weighted by molar-refractivity contribution is 8.00. The second-order valence-electron chi connectivity index (χ2n) is 3.89. The maximum atomic E-state index is 11.7. The smallest absolute Gasteiger partial charge is 0.233 e. The summed E-state index contributed by atoms with van der Waals surface area (Å²) in [5, 5.41) is 12.2. The second-order valence-corrected chi connectivity index (χ2v) is 5.20. The summed E-state index contributed by atoms with van der Waals surface area (Å²) in [4.78, 5) is 11.7. The predicted octanol–water partition coefficient (Wildman–Crippen LogP) is 1.90. The van der Waals surface area contributed by atoms with Crippen LogP contribution in [0.1, 0.15) is 18.4 Å². The van der Waals surface area contributed by atoms with E-state index in [2.05, 4.69) is 5.32 Å². The molecule has 1 unspecified atom stereocenters. The highest BCUT2D eigenvalue weighted by Gasteiger charge is 2.22. The van der Waals surface area contributed by atoms with E-state index in [-0.39, 0.29) is 16.9 Å². The van der Waals surface area contributed by atoms with Crippen molar-refractivity contribution in [2.24, 2.45) is 0 Å². The van der Waals surface area contributed by atoms with Crippen LogP contribution >= 0.6 is 11.8 Å². The van der Waals surface area contributed by atoms with Crippen LogP contribution in [-0.4, -0.2) is 22.0 Å². The van der Waals surface area contributed by atoms with Gasteiger partial charge in [0.2, 0.25) is 5.91 Å². The Labute approximate surface area is 99.2 Å². The topological polar surface area (TPSA) is 49.3 Å². The Bertz CT molecular complexity index is 358. The minimum Gasteiger partial charge on any atom is -0.508 e. The number of carbonyl (C=O) groups excluding carboxylic acids is 1. The van der Waals surface area contributed by atoms with E-state index >= 15 is 0 Å². The molecule has 3 nitrogen and oxygen atoms in total. The molecule has 1 saturated heterocycles. The van der Waals surface area contributed by atoms with Crippen molar-refractivity contribution in [3.05, 3.63) is 29.8 Å². The van der Waals surface area contributed by atoms with Crippen LogP contribution in [0.2, 0.25) is 0 Å². The molecular formula is C12H15NO2S. The first-order valence-electron chi connectivity index (χ1n) is 5.43. The monoisotopic (exact) mass is 237 g/mol. The number of phenolic OH excluding ortho intramolecular Hbond substituents is 1. The molecule has 1 atom stereocenters. The van der Waals surface area contributed by atoms with E-state index in [1.54, 1.807) is 23.9 Å². The van der Waals surface area contributed by atoms with Gasteiger partial charge in [-0.2, -0.15) is 0 Å². The minimum atomic E-state index is 0.135. The van der Waals surface area contributed by atoms with E-state index < -0.39 is 0 Å². The minimum absolute atomic E-state index is 0.135. The summed E-state index contributed by atoms with van der Waals surface area (Å²) in [6.45, 7) is 0.538. The molecule has 2 rings (SSSR count). The summed E-state index contributed by atoms with van der Waals surface area (Å²) in [6.07, 6.45) is 2.13. The fraction of sp³-hybridized carbons (Fsp3) is 0.417. The lowest BCUT2D eigenvalue weighted by Gasteiger charge is -2.09. The second kappa shape index (κ2) is 5.25. The number of thioether (sulfide) groups is 1. The normalized spacial score (nSPS) is 19.6. The highest BCUT2D eigenvalue weighted by atomic mass is 32.2. The molecule has 0 bridgehead atoms. The average molecular weight is 237 g/mol. The molecule has 1 heterocycles. The Balaban J connectivity index is 1.82. The van der Waals surface area contributed by atoms with Gasteiger partial charge < -0.3 is 10.4 Å². The molecule has 1 aliphatic rings. The van der Waals surface area contributed by atoms with E-state index in [1.165, 1.54) is 0 Å². The lowest BCUT2D eigenvalue weighted by atomic mass is 10.2. The molecule has 0 saturated carbocycles. The van der Waals surface area contributed by atoms with Crippen LogP contribution in [0.5, 0.6) is 5.75 Å². The summed E-state index contributed by atoms with van der Waals surface area (Å²) < 4.78 is 0. The number of phenols is 1. The summed E-state index contributed by atoms with van der Waals surface area (Å²) in [5.74, 6) is 1.48. The zero-order valence-corrected chi connectivity index (χ0v) is 9.80. The molecule has 1 amide bonds. The first kappa shape index (κ1) is 11.3. The van der Waals surface area contributed by atoms with E-state index in [0.717, 1.165) is 24.2 Å². The van der Waals surface area contributed by atoms with Crippen molar-refractivity contribution in [2.75, 3.05) is 5.75 Å². The lowest BCUT2D eigenvalue weighted by Crippen LogP contribution is -2.30. The molecule has 4 heteroatoms. The van der Waals surface area contributed by atoms with Crippen LogP contribution in [0.25, 0.3) is 0 Å². The van der Waals surface area contributed by atoms with Crippen LogP contribution < -0.4 is 5.32 Å². The Morgan fingerprint density at radius 3 is 2.81 bits per heavy atom. The summed E-state index contributed by atoms with van der Waals surface area (Å²) in [5.41, 5.74) is 1.01. The first-order valence-corrected chi connectivity index (χ1v) is 6.48. The van der Waals surface area contributed by atoms with Gasteiger partial charge in [0.05, 0.1) is 5.25 Å². The first-order chi connectivity index (χ1) is 7.75. The van der Waals surface area contributed by atoms with E-state index in [9.17, 15) is 4.79 Å². The van der Waals surface area contributed by atoms with E-state index in [1.807, 2.05) is 12.1 Å². The quantitative estimate of drug-likeness (QED) is 0.844. The van der Waals surface area contributed by atoms with Crippen molar-refractivity contribution in [1.29, 1.82) is 0 Å². The van der Waals surface area contributed by atoms with Crippen molar-refractivity contribution in [2.45, 2.75) is 24.6 Å². The van der Waals surface area contributed by atoms with Gasteiger partial charge in [0.15, 0.2) is 0 Å². The van der Waals surface area contributed by atoms with Crippen LogP contribution in [0.3, 0.4) is 0 Å². The van der Waals surface area contributed by atoms with E-state index in [0.29, 0.717) is 6.54 Å². The van der Waals surface area contributed by atoms with Crippen molar-refractivity contribution < 1.29 is 9.90 Å².